The molecule has 0 saturated heterocycles. The van der Waals surface area contributed by atoms with E-state index in [1.54, 1.807) is 42.5 Å². The molecule has 3 nitrogen and oxygen atoms in total. The minimum atomic E-state index is -4.15. The van der Waals surface area contributed by atoms with Crippen molar-refractivity contribution in [1.82, 2.24) is 0 Å². The Morgan fingerprint density at radius 3 is 1.94 bits per heavy atom. The van der Waals surface area contributed by atoms with E-state index in [2.05, 4.69) is 0 Å². The van der Waals surface area contributed by atoms with E-state index in [0.29, 0.717) is 16.5 Å². The Labute approximate surface area is 182 Å². The summed E-state index contributed by atoms with van der Waals surface area (Å²) in [4.78, 5) is 27.8. The summed E-state index contributed by atoms with van der Waals surface area (Å²) in [5.41, 5.74) is 1.91. The Morgan fingerprint density at radius 1 is 0.677 bits per heavy atom. The predicted octanol–water partition coefficient (Wildman–Crippen LogP) is 6.43. The molecule has 4 aromatic carbocycles. The van der Waals surface area contributed by atoms with Crippen LogP contribution in [0.2, 0.25) is 0 Å². The minimum absolute atomic E-state index is 0.261. The third-order valence-electron chi connectivity index (χ3n) is 5.60. The molecule has 4 heteroatoms. The average molecular weight is 426 g/mol. The number of hydrogen-bond acceptors (Lipinski definition) is 3. The van der Waals surface area contributed by atoms with Gasteiger partial charge in [-0.3, -0.25) is 9.59 Å². The van der Waals surface area contributed by atoms with Crippen LogP contribution in [-0.2, 0) is 4.57 Å². The van der Waals surface area contributed by atoms with Gasteiger partial charge in [0.2, 0.25) is 18.2 Å². The number of aryl methyl sites for hydroxylation is 3. The van der Waals surface area contributed by atoms with Crippen molar-refractivity contribution in [3.63, 3.8) is 0 Å². The van der Waals surface area contributed by atoms with E-state index in [1.165, 1.54) is 0 Å². The third-order valence-corrected chi connectivity index (χ3v) is 8.24. The summed E-state index contributed by atoms with van der Waals surface area (Å²) < 4.78 is 14.5. The van der Waals surface area contributed by atoms with Crippen molar-refractivity contribution in [3.8, 4) is 0 Å². The van der Waals surface area contributed by atoms with Crippen molar-refractivity contribution < 1.29 is 14.2 Å². The van der Waals surface area contributed by atoms with E-state index in [1.807, 2.05) is 63.2 Å². The van der Waals surface area contributed by atoms with Gasteiger partial charge in [-0.25, -0.2) is 0 Å². The van der Waals surface area contributed by atoms with Crippen molar-refractivity contribution in [2.24, 2.45) is 0 Å². The first-order valence-electron chi connectivity index (χ1n) is 10.1. The lowest BCUT2D eigenvalue weighted by Gasteiger charge is -2.20. The molecule has 0 fully saturated rings. The highest BCUT2D eigenvalue weighted by Crippen LogP contribution is 2.52. The Kier molecular flexibility index (Phi) is 5.47. The molecule has 0 aliphatic rings. The van der Waals surface area contributed by atoms with Gasteiger partial charge in [0.15, 0.2) is 0 Å². The van der Waals surface area contributed by atoms with Crippen LogP contribution in [0.1, 0.15) is 37.4 Å². The molecule has 0 spiro atoms. The normalized spacial score (nSPS) is 13.0. The molecule has 1 unspecified atom stereocenters. The molecule has 0 saturated carbocycles. The topological polar surface area (TPSA) is 51.2 Å². The van der Waals surface area contributed by atoms with Crippen molar-refractivity contribution in [2.75, 3.05) is 0 Å². The van der Waals surface area contributed by atoms with Gasteiger partial charge in [0.1, 0.15) is 0 Å². The molecule has 154 valence electrons. The van der Waals surface area contributed by atoms with Crippen LogP contribution in [-0.4, -0.2) is 11.0 Å². The second-order valence-corrected chi connectivity index (χ2v) is 10.4. The molecule has 0 aliphatic carbocycles. The molecule has 4 rings (SSSR count). The summed E-state index contributed by atoms with van der Waals surface area (Å²) in [6.45, 7) is 5.60. The fourth-order valence-corrected chi connectivity index (χ4v) is 6.67. The zero-order valence-corrected chi connectivity index (χ0v) is 18.6. The monoisotopic (exact) mass is 426 g/mol. The minimum Gasteiger partial charge on any atom is -0.302 e. The van der Waals surface area contributed by atoms with Gasteiger partial charge in [0.05, 0.1) is 0 Å². The Bertz CT molecular complexity index is 1340. The molecule has 0 amide bonds. The quantitative estimate of drug-likeness (QED) is 0.345. The molecule has 31 heavy (non-hydrogen) atoms. The molecule has 0 aromatic heterocycles. The summed E-state index contributed by atoms with van der Waals surface area (Å²) in [5, 5.41) is 1.82. The largest absolute Gasteiger partial charge is 0.302 e. The molecule has 1 atom stereocenters. The summed E-state index contributed by atoms with van der Waals surface area (Å²) in [6.07, 6.45) is 0. The lowest BCUT2D eigenvalue weighted by molar-refractivity contribution is 0.104. The highest BCUT2D eigenvalue weighted by Gasteiger charge is 2.44. The first kappa shape index (κ1) is 21.0. The Hall–Kier alpha value is -3.29. The highest BCUT2D eigenvalue weighted by atomic mass is 31.2. The molecule has 0 aliphatic heterocycles. The van der Waals surface area contributed by atoms with Gasteiger partial charge in [-0.2, -0.15) is 0 Å². The fourth-order valence-electron chi connectivity index (χ4n) is 4.22. The number of carbonyl (C=O) groups is 2. The Balaban J connectivity index is 1.99. The van der Waals surface area contributed by atoms with Crippen LogP contribution in [0.5, 0.6) is 0 Å². The van der Waals surface area contributed by atoms with Crippen molar-refractivity contribution in [3.05, 3.63) is 113 Å². The number of carbonyl (C=O) groups excluding carboxylic acids is 2. The van der Waals surface area contributed by atoms with Gasteiger partial charge in [0.25, 0.3) is 0 Å². The lowest BCUT2D eigenvalue weighted by atomic mass is 10.0. The second-order valence-electron chi connectivity index (χ2n) is 7.86. The van der Waals surface area contributed by atoms with Crippen molar-refractivity contribution in [1.29, 1.82) is 0 Å². The van der Waals surface area contributed by atoms with Crippen LogP contribution in [0.15, 0.2) is 84.9 Å². The molecule has 0 N–H and O–H groups in total. The van der Waals surface area contributed by atoms with Gasteiger partial charge in [0, 0.05) is 16.4 Å². The highest BCUT2D eigenvalue weighted by molar-refractivity contribution is 8.01. The molecule has 0 heterocycles. The van der Waals surface area contributed by atoms with Crippen LogP contribution < -0.4 is 5.30 Å². The summed E-state index contributed by atoms with van der Waals surface area (Å²) in [5.74, 6) is 0. The number of fused-ring (bicyclic) bond motifs is 1. The smallest absolute Gasteiger partial charge is 0.248 e. The van der Waals surface area contributed by atoms with Gasteiger partial charge < -0.3 is 4.57 Å². The van der Waals surface area contributed by atoms with Crippen molar-refractivity contribution >= 4 is 34.3 Å². The number of hydrogen-bond donors (Lipinski definition) is 0. The molecule has 0 radical (unpaired) electrons. The number of rotatable bonds is 5. The van der Waals surface area contributed by atoms with Crippen molar-refractivity contribution in [2.45, 2.75) is 20.8 Å². The third kappa shape index (κ3) is 3.56. The maximum Gasteiger partial charge on any atom is 0.248 e. The van der Waals surface area contributed by atoms with Gasteiger partial charge in [-0.15, -0.1) is 0 Å². The Morgan fingerprint density at radius 2 is 1.26 bits per heavy atom. The van der Waals surface area contributed by atoms with Gasteiger partial charge in [-0.05, 0) is 42.7 Å². The first-order chi connectivity index (χ1) is 14.8. The van der Waals surface area contributed by atoms with E-state index in [0.717, 1.165) is 22.1 Å². The first-order valence-corrected chi connectivity index (χ1v) is 11.9. The SMILES string of the molecule is Cc1cc(C)c(C(=O)P(=O)(C(=O)c2cccc3ccccc23)c2ccccc2)c(C)c1. The van der Waals surface area contributed by atoms with E-state index in [9.17, 15) is 14.2 Å². The van der Waals surface area contributed by atoms with Gasteiger partial charge in [-0.1, -0.05) is 90.5 Å². The summed E-state index contributed by atoms with van der Waals surface area (Å²) in [6, 6.07) is 25.0. The van der Waals surface area contributed by atoms with Crippen LogP contribution in [0, 0.1) is 20.8 Å². The molecular formula is C27H23O3P. The van der Waals surface area contributed by atoms with E-state index >= 15 is 0 Å². The number of benzene rings is 4. The molecular weight excluding hydrogens is 403 g/mol. The molecule has 4 aromatic rings. The fraction of sp³-hybridized carbons (Fsp3) is 0.111. The zero-order chi connectivity index (χ0) is 22.2. The zero-order valence-electron chi connectivity index (χ0n) is 17.8. The van der Waals surface area contributed by atoms with Crippen LogP contribution in [0.4, 0.5) is 0 Å². The average Bonchev–Trinajstić information content (AvgIpc) is 2.77. The van der Waals surface area contributed by atoms with Crippen LogP contribution >= 0.6 is 7.14 Å². The van der Waals surface area contributed by atoms with E-state index in [4.69, 9.17) is 0 Å². The summed E-state index contributed by atoms with van der Waals surface area (Å²) in [7, 11) is -4.15. The van der Waals surface area contributed by atoms with Crippen LogP contribution in [0.25, 0.3) is 10.8 Å². The second kappa shape index (κ2) is 8.09. The maximum absolute atomic E-state index is 14.5. The standard InChI is InChI=1S/C27H23O3P/c1-18-16-19(2)25(20(3)17-18)27(29)31(30,22-12-5-4-6-13-22)26(28)24-15-9-11-21-10-7-8-14-23(21)24/h4-17H,1-3H3. The summed E-state index contributed by atoms with van der Waals surface area (Å²) >= 11 is 0. The van der Waals surface area contributed by atoms with Crippen LogP contribution in [0.3, 0.4) is 0 Å². The maximum atomic E-state index is 14.5. The van der Waals surface area contributed by atoms with Gasteiger partial charge >= 0.3 is 0 Å². The molecule has 0 bridgehead atoms. The van der Waals surface area contributed by atoms with E-state index in [-0.39, 0.29) is 5.30 Å². The predicted molar refractivity (Wildman–Crippen MR) is 127 cm³/mol. The van der Waals surface area contributed by atoms with E-state index < -0.39 is 18.2 Å². The lowest BCUT2D eigenvalue weighted by Crippen LogP contribution is -2.22.